The second-order valence-electron chi connectivity index (χ2n) is 13.9. The Labute approximate surface area is 313 Å². The predicted octanol–water partition coefficient (Wildman–Crippen LogP) is 13.9. The summed E-state index contributed by atoms with van der Waals surface area (Å²) in [6.45, 7) is 0. The average molecular weight is 708 g/mol. The number of rotatable bonds is 5. The Balaban J connectivity index is 1.16. The minimum atomic E-state index is 0.578. The van der Waals surface area contributed by atoms with E-state index in [0.717, 1.165) is 88.7 Å². The maximum Gasteiger partial charge on any atom is 0.227 e. The van der Waals surface area contributed by atoms with E-state index in [0.29, 0.717) is 11.5 Å². The van der Waals surface area contributed by atoms with E-state index in [1.807, 2.05) is 54.6 Å². The molecule has 4 aromatic heterocycles. The zero-order valence-corrected chi connectivity index (χ0v) is 29.3. The van der Waals surface area contributed by atoms with Gasteiger partial charge in [-0.1, -0.05) is 103 Å². The molecule has 258 valence electrons. The Morgan fingerprint density at radius 3 is 1.91 bits per heavy atom. The molecule has 0 radical (unpaired) electrons. The highest BCUT2D eigenvalue weighted by atomic mass is 16.4. The standard InChI is InChI=1S/C49H29N3O3/c1-3-13-30(14-4-1)49-50-46-44(55-49)28-27-43-45(46)37-20-12-23-40(48(37)54-43)52(39-22-11-19-36-35-18-8-10-24-42(35)53-47(36)39)32-25-26-34-33-17-7-9-21-38(33)51(41(34)29-32)31-15-5-2-6-16-31/h1-29H. The second kappa shape index (κ2) is 11.5. The number of furan rings is 2. The lowest BCUT2D eigenvalue weighted by molar-refractivity contribution is 0.619. The van der Waals surface area contributed by atoms with Crippen LogP contribution in [0.2, 0.25) is 0 Å². The minimum absolute atomic E-state index is 0.578. The molecule has 0 saturated carbocycles. The van der Waals surface area contributed by atoms with Gasteiger partial charge >= 0.3 is 0 Å². The highest BCUT2D eigenvalue weighted by Gasteiger charge is 2.26. The van der Waals surface area contributed by atoms with Crippen molar-refractivity contribution < 1.29 is 13.3 Å². The fraction of sp³-hybridized carbons (Fsp3) is 0. The van der Waals surface area contributed by atoms with Gasteiger partial charge in [0, 0.05) is 43.9 Å². The van der Waals surface area contributed by atoms with E-state index in [1.54, 1.807) is 0 Å². The summed E-state index contributed by atoms with van der Waals surface area (Å²) in [5.74, 6) is 0.578. The molecule has 0 spiro atoms. The van der Waals surface area contributed by atoms with Crippen molar-refractivity contribution in [2.24, 2.45) is 0 Å². The van der Waals surface area contributed by atoms with Gasteiger partial charge in [0.25, 0.3) is 0 Å². The summed E-state index contributed by atoms with van der Waals surface area (Å²) in [5, 5.41) is 6.36. The van der Waals surface area contributed by atoms with Crippen LogP contribution in [-0.2, 0) is 0 Å². The Bertz CT molecular complexity index is 3440. The largest absolute Gasteiger partial charge is 0.454 e. The maximum atomic E-state index is 6.87. The van der Waals surface area contributed by atoms with Gasteiger partial charge in [-0.05, 0) is 72.8 Å². The summed E-state index contributed by atoms with van der Waals surface area (Å²) in [6.07, 6.45) is 0. The van der Waals surface area contributed by atoms with Gasteiger partial charge in [0.1, 0.15) is 16.7 Å². The summed E-state index contributed by atoms with van der Waals surface area (Å²) in [6, 6.07) is 60.7. The molecule has 0 N–H and O–H groups in total. The van der Waals surface area contributed by atoms with Gasteiger partial charge in [-0.15, -0.1) is 0 Å². The molecular weight excluding hydrogens is 679 g/mol. The van der Waals surface area contributed by atoms with Crippen LogP contribution in [-0.4, -0.2) is 9.55 Å². The number of nitrogens with zero attached hydrogens (tertiary/aromatic N) is 3. The van der Waals surface area contributed by atoms with E-state index < -0.39 is 0 Å². The molecule has 0 unspecified atom stereocenters. The third-order valence-corrected chi connectivity index (χ3v) is 10.8. The summed E-state index contributed by atoms with van der Waals surface area (Å²) in [4.78, 5) is 7.30. The minimum Gasteiger partial charge on any atom is -0.454 e. The highest BCUT2D eigenvalue weighted by Crippen LogP contribution is 2.48. The molecule has 0 aliphatic heterocycles. The first kappa shape index (κ1) is 29.9. The Morgan fingerprint density at radius 2 is 1.07 bits per heavy atom. The average Bonchev–Trinajstić information content (AvgIpc) is 4.02. The number of hydrogen-bond acceptors (Lipinski definition) is 5. The van der Waals surface area contributed by atoms with Gasteiger partial charge in [-0.2, -0.15) is 0 Å². The molecule has 6 nitrogen and oxygen atoms in total. The molecule has 12 rings (SSSR count). The molecule has 0 atom stereocenters. The number of anilines is 3. The summed E-state index contributed by atoms with van der Waals surface area (Å²) in [7, 11) is 0. The quantitative estimate of drug-likeness (QED) is 0.178. The van der Waals surface area contributed by atoms with Gasteiger partial charge in [0.2, 0.25) is 5.89 Å². The third kappa shape index (κ3) is 4.39. The smallest absolute Gasteiger partial charge is 0.227 e. The van der Waals surface area contributed by atoms with Gasteiger partial charge in [0.05, 0.1) is 27.8 Å². The van der Waals surface area contributed by atoms with Crippen LogP contribution in [0.15, 0.2) is 189 Å². The molecule has 0 saturated heterocycles. The molecule has 0 aliphatic carbocycles. The van der Waals surface area contributed by atoms with Crippen LogP contribution in [0.1, 0.15) is 0 Å². The van der Waals surface area contributed by atoms with E-state index in [9.17, 15) is 0 Å². The van der Waals surface area contributed by atoms with Crippen molar-refractivity contribution in [3.8, 4) is 17.1 Å². The van der Waals surface area contributed by atoms with Crippen LogP contribution in [0.4, 0.5) is 17.1 Å². The monoisotopic (exact) mass is 707 g/mol. The van der Waals surface area contributed by atoms with Gasteiger partial charge in [0.15, 0.2) is 16.7 Å². The van der Waals surface area contributed by atoms with Crippen LogP contribution in [0, 0.1) is 0 Å². The van der Waals surface area contributed by atoms with E-state index in [4.69, 9.17) is 18.2 Å². The van der Waals surface area contributed by atoms with Crippen molar-refractivity contribution >= 4 is 93.8 Å². The lowest BCUT2D eigenvalue weighted by atomic mass is 10.1. The zero-order valence-electron chi connectivity index (χ0n) is 29.3. The van der Waals surface area contributed by atoms with Crippen molar-refractivity contribution in [1.82, 2.24) is 9.55 Å². The van der Waals surface area contributed by atoms with Gasteiger partial charge in [-0.3, -0.25) is 0 Å². The number of fused-ring (bicyclic) bond motifs is 11. The molecule has 55 heavy (non-hydrogen) atoms. The fourth-order valence-corrected chi connectivity index (χ4v) is 8.41. The first-order valence-corrected chi connectivity index (χ1v) is 18.4. The number of aromatic nitrogens is 2. The van der Waals surface area contributed by atoms with E-state index >= 15 is 0 Å². The number of hydrogen-bond donors (Lipinski definition) is 0. The molecule has 4 heterocycles. The Hall–Kier alpha value is -7.57. The van der Waals surface area contributed by atoms with Gasteiger partial charge < -0.3 is 22.7 Å². The second-order valence-corrected chi connectivity index (χ2v) is 13.9. The first-order chi connectivity index (χ1) is 27.3. The summed E-state index contributed by atoms with van der Waals surface area (Å²) >= 11 is 0. The normalized spacial score (nSPS) is 12.0. The molecular formula is C49H29N3O3. The van der Waals surface area contributed by atoms with Gasteiger partial charge in [-0.25, -0.2) is 4.98 Å². The predicted molar refractivity (Wildman–Crippen MR) is 223 cm³/mol. The topological polar surface area (TPSA) is 60.5 Å². The summed E-state index contributed by atoms with van der Waals surface area (Å²) in [5.41, 5.74) is 11.6. The third-order valence-electron chi connectivity index (χ3n) is 10.8. The van der Waals surface area contributed by atoms with E-state index in [1.165, 1.54) is 10.8 Å². The Kier molecular flexibility index (Phi) is 6.24. The van der Waals surface area contributed by atoms with Crippen LogP contribution in [0.25, 0.3) is 93.9 Å². The number of para-hydroxylation sites is 5. The lowest BCUT2D eigenvalue weighted by Gasteiger charge is -2.26. The molecule has 8 aromatic carbocycles. The SMILES string of the molecule is c1ccc(-c2nc3c(ccc4oc5c(N(c6ccc7c8ccccc8n(-c8ccccc8)c7c6)c6cccc7c6oc6ccccc67)cccc5c43)o2)cc1. The fourth-order valence-electron chi connectivity index (χ4n) is 8.41. The first-order valence-electron chi connectivity index (χ1n) is 18.4. The molecule has 12 aromatic rings. The zero-order chi connectivity index (χ0) is 36.0. The molecule has 0 bridgehead atoms. The van der Waals surface area contributed by atoms with Crippen LogP contribution < -0.4 is 4.90 Å². The van der Waals surface area contributed by atoms with Crippen molar-refractivity contribution in [3.05, 3.63) is 176 Å². The highest BCUT2D eigenvalue weighted by molar-refractivity contribution is 6.20. The molecule has 0 aliphatic rings. The van der Waals surface area contributed by atoms with Crippen LogP contribution in [0.5, 0.6) is 0 Å². The number of oxazole rings is 1. The van der Waals surface area contributed by atoms with Crippen molar-refractivity contribution in [2.75, 3.05) is 4.90 Å². The van der Waals surface area contributed by atoms with Crippen LogP contribution >= 0.6 is 0 Å². The van der Waals surface area contributed by atoms with Crippen LogP contribution in [0.3, 0.4) is 0 Å². The van der Waals surface area contributed by atoms with E-state index in [2.05, 4.69) is 131 Å². The molecule has 6 heteroatoms. The number of benzene rings is 8. The van der Waals surface area contributed by atoms with Crippen molar-refractivity contribution in [1.29, 1.82) is 0 Å². The molecule has 0 fully saturated rings. The Morgan fingerprint density at radius 1 is 0.436 bits per heavy atom. The summed E-state index contributed by atoms with van der Waals surface area (Å²) < 4.78 is 22.2. The van der Waals surface area contributed by atoms with E-state index in [-0.39, 0.29) is 0 Å². The maximum absolute atomic E-state index is 6.87. The van der Waals surface area contributed by atoms with Crippen molar-refractivity contribution in [3.63, 3.8) is 0 Å². The lowest BCUT2D eigenvalue weighted by Crippen LogP contribution is -2.10. The van der Waals surface area contributed by atoms with Crippen molar-refractivity contribution in [2.45, 2.75) is 0 Å². The molecule has 0 amide bonds.